The number of hydrogen-bond donors (Lipinski definition) is 0. The Morgan fingerprint density at radius 1 is 1.15 bits per heavy atom. The smallest absolute Gasteiger partial charge is 0.0953 e. The van der Waals surface area contributed by atoms with Gasteiger partial charge in [-0.1, -0.05) is 27.2 Å². The van der Waals surface area contributed by atoms with E-state index in [2.05, 4.69) is 50.6 Å². The third-order valence-corrected chi connectivity index (χ3v) is 6.61. The van der Waals surface area contributed by atoms with Crippen LogP contribution in [0.5, 0.6) is 0 Å². The molecule has 1 unspecified atom stereocenters. The van der Waals surface area contributed by atoms with E-state index in [4.69, 9.17) is 0 Å². The molecule has 0 aromatic heterocycles. The Morgan fingerprint density at radius 3 is 2.31 bits per heavy atom. The molecule has 1 atom stereocenters. The van der Waals surface area contributed by atoms with Gasteiger partial charge in [-0.2, -0.15) is 0 Å². The first-order valence-electron chi connectivity index (χ1n) is 4.96. The van der Waals surface area contributed by atoms with Crippen molar-refractivity contribution in [3.8, 4) is 0 Å². The molecule has 0 heterocycles. The van der Waals surface area contributed by atoms with Gasteiger partial charge in [0.1, 0.15) is 0 Å². The molecule has 13 heavy (non-hydrogen) atoms. The molecule has 0 rings (SSSR count). The minimum Gasteiger partial charge on any atom is -0.140 e. The Hall–Kier alpha value is 1.05. The van der Waals surface area contributed by atoms with Crippen molar-refractivity contribution in [2.75, 3.05) is 17.8 Å². The minimum atomic E-state index is 0.758. The number of hydrogen-bond acceptors (Lipinski definition) is 3. The normalized spacial score (nSPS) is 13.6. The van der Waals surface area contributed by atoms with Crippen molar-refractivity contribution in [2.24, 2.45) is 5.92 Å². The standard InChI is InChI=1S/C10H22S3/c1-5-6-7-12-10(11-4)13-8-9(2)3/h9-10H,5-8H2,1-4H3. The van der Waals surface area contributed by atoms with Crippen LogP contribution >= 0.6 is 35.3 Å². The average Bonchev–Trinajstić information content (AvgIpc) is 2.10. The van der Waals surface area contributed by atoms with E-state index in [0.717, 1.165) is 9.83 Å². The average molecular weight is 238 g/mol. The molecule has 0 amide bonds. The van der Waals surface area contributed by atoms with Crippen LogP contribution < -0.4 is 0 Å². The zero-order valence-corrected chi connectivity index (χ0v) is 11.7. The van der Waals surface area contributed by atoms with Crippen molar-refractivity contribution in [2.45, 2.75) is 37.5 Å². The van der Waals surface area contributed by atoms with Gasteiger partial charge in [0.25, 0.3) is 0 Å². The molecule has 3 heteroatoms. The zero-order chi connectivity index (χ0) is 10.1. The highest BCUT2D eigenvalue weighted by Gasteiger charge is 2.07. The van der Waals surface area contributed by atoms with E-state index >= 15 is 0 Å². The van der Waals surface area contributed by atoms with Crippen LogP contribution in [0.4, 0.5) is 0 Å². The van der Waals surface area contributed by atoms with Crippen molar-refractivity contribution in [3.05, 3.63) is 0 Å². The SMILES string of the molecule is CCCCSC(SC)SCC(C)C. The van der Waals surface area contributed by atoms with Gasteiger partial charge >= 0.3 is 0 Å². The Balaban J connectivity index is 3.39. The van der Waals surface area contributed by atoms with Gasteiger partial charge in [-0.15, -0.1) is 35.3 Å². The molecule has 0 nitrogen and oxygen atoms in total. The molecule has 0 aliphatic heterocycles. The van der Waals surface area contributed by atoms with E-state index in [0.29, 0.717) is 0 Å². The van der Waals surface area contributed by atoms with Crippen molar-refractivity contribution in [1.29, 1.82) is 0 Å². The summed E-state index contributed by atoms with van der Waals surface area (Å²) in [6, 6.07) is 0. The Bertz CT molecular complexity index is 104. The lowest BCUT2D eigenvalue weighted by Gasteiger charge is -2.14. The molecule has 0 fully saturated rings. The van der Waals surface area contributed by atoms with Gasteiger partial charge < -0.3 is 0 Å². The molecule has 80 valence electrons. The maximum atomic E-state index is 2.29. The van der Waals surface area contributed by atoms with E-state index < -0.39 is 0 Å². The van der Waals surface area contributed by atoms with E-state index in [1.165, 1.54) is 24.3 Å². The lowest BCUT2D eigenvalue weighted by molar-refractivity contribution is 0.751. The van der Waals surface area contributed by atoms with Crippen molar-refractivity contribution < 1.29 is 0 Å². The largest absolute Gasteiger partial charge is 0.140 e. The van der Waals surface area contributed by atoms with Crippen molar-refractivity contribution >= 4 is 35.3 Å². The lowest BCUT2D eigenvalue weighted by Crippen LogP contribution is -1.98. The summed E-state index contributed by atoms with van der Waals surface area (Å²) in [6.07, 6.45) is 4.91. The third kappa shape index (κ3) is 9.36. The van der Waals surface area contributed by atoms with Gasteiger partial charge in [0, 0.05) is 0 Å². The molecule has 0 bridgehead atoms. The molecular formula is C10H22S3. The molecule has 0 saturated carbocycles. The minimum absolute atomic E-state index is 0.758. The summed E-state index contributed by atoms with van der Waals surface area (Å²) in [5, 5.41) is 0. The van der Waals surface area contributed by atoms with Crippen LogP contribution in [0.3, 0.4) is 0 Å². The summed E-state index contributed by atoms with van der Waals surface area (Å²) in [7, 11) is 0. The van der Waals surface area contributed by atoms with Crippen LogP contribution in [0.25, 0.3) is 0 Å². The maximum Gasteiger partial charge on any atom is 0.0953 e. The topological polar surface area (TPSA) is 0 Å². The fourth-order valence-corrected chi connectivity index (χ4v) is 4.49. The maximum absolute atomic E-state index is 2.29. The first-order chi connectivity index (χ1) is 6.20. The highest BCUT2D eigenvalue weighted by molar-refractivity contribution is 8.32. The van der Waals surface area contributed by atoms with Crippen LogP contribution in [-0.4, -0.2) is 21.7 Å². The summed E-state index contributed by atoms with van der Waals surface area (Å²) in [4.78, 5) is 0. The number of thioether (sulfide) groups is 3. The predicted octanol–water partition coefficient (Wildman–Crippen LogP) is 4.56. The van der Waals surface area contributed by atoms with Gasteiger partial charge in [0.05, 0.1) is 3.91 Å². The number of unbranched alkanes of at least 4 members (excludes halogenated alkanes) is 1. The van der Waals surface area contributed by atoms with Gasteiger partial charge in [-0.25, -0.2) is 0 Å². The van der Waals surface area contributed by atoms with Gasteiger partial charge in [-0.05, 0) is 30.1 Å². The summed E-state index contributed by atoms with van der Waals surface area (Å²) in [5.74, 6) is 3.45. The summed E-state index contributed by atoms with van der Waals surface area (Å²) < 4.78 is 0.758. The molecule has 0 saturated heterocycles. The second-order valence-corrected chi connectivity index (χ2v) is 7.66. The molecule has 0 radical (unpaired) electrons. The molecule has 0 aromatic rings. The van der Waals surface area contributed by atoms with Crippen LogP contribution in [0, 0.1) is 5.92 Å². The first-order valence-corrected chi connectivity index (χ1v) is 8.35. The summed E-state index contributed by atoms with van der Waals surface area (Å²) >= 11 is 6.21. The fraction of sp³-hybridized carbons (Fsp3) is 1.00. The number of rotatable bonds is 8. The van der Waals surface area contributed by atoms with Crippen molar-refractivity contribution in [1.82, 2.24) is 0 Å². The second-order valence-electron chi connectivity index (χ2n) is 3.48. The molecule has 0 aliphatic carbocycles. The summed E-state index contributed by atoms with van der Waals surface area (Å²) in [5.41, 5.74) is 0. The van der Waals surface area contributed by atoms with Gasteiger partial charge in [0.2, 0.25) is 0 Å². The summed E-state index contributed by atoms with van der Waals surface area (Å²) in [6.45, 7) is 6.85. The van der Waals surface area contributed by atoms with E-state index in [1.807, 2.05) is 11.8 Å². The van der Waals surface area contributed by atoms with Crippen LogP contribution in [-0.2, 0) is 0 Å². The molecule has 0 aliphatic rings. The van der Waals surface area contributed by atoms with Crippen LogP contribution in [0.1, 0.15) is 33.6 Å². The second kappa shape index (κ2) is 9.60. The van der Waals surface area contributed by atoms with Gasteiger partial charge in [-0.3, -0.25) is 0 Å². The molecule has 0 aromatic carbocycles. The zero-order valence-electron chi connectivity index (χ0n) is 9.21. The predicted molar refractivity (Wildman–Crippen MR) is 72.0 cm³/mol. The molecule has 0 spiro atoms. The first kappa shape index (κ1) is 14.1. The fourth-order valence-electron chi connectivity index (χ4n) is 0.779. The Morgan fingerprint density at radius 2 is 1.85 bits per heavy atom. The Labute approximate surface area is 96.4 Å². The molecule has 0 N–H and O–H groups in total. The van der Waals surface area contributed by atoms with E-state index in [1.54, 1.807) is 0 Å². The highest BCUT2D eigenvalue weighted by Crippen LogP contribution is 2.33. The van der Waals surface area contributed by atoms with E-state index in [9.17, 15) is 0 Å². The highest BCUT2D eigenvalue weighted by atomic mass is 32.3. The lowest BCUT2D eigenvalue weighted by atomic mass is 10.3. The Kier molecular flexibility index (Phi) is 10.4. The quantitative estimate of drug-likeness (QED) is 0.449. The van der Waals surface area contributed by atoms with Crippen LogP contribution in [0.2, 0.25) is 0 Å². The monoisotopic (exact) mass is 238 g/mol. The van der Waals surface area contributed by atoms with E-state index in [-0.39, 0.29) is 0 Å². The van der Waals surface area contributed by atoms with Crippen LogP contribution in [0.15, 0.2) is 0 Å². The van der Waals surface area contributed by atoms with Crippen molar-refractivity contribution in [3.63, 3.8) is 0 Å². The molecular weight excluding hydrogens is 216 g/mol. The third-order valence-electron chi connectivity index (χ3n) is 1.51. The van der Waals surface area contributed by atoms with Gasteiger partial charge in [0.15, 0.2) is 0 Å².